The number of nitrogens with zero attached hydrogens (tertiary/aromatic N) is 3. The Morgan fingerprint density at radius 1 is 0.828 bits per heavy atom. The lowest BCUT2D eigenvalue weighted by Crippen LogP contribution is -2.00. The Kier molecular flexibility index (Phi) is 5.12. The molecule has 5 nitrogen and oxygen atoms in total. The molecular weight excluding hydrogens is 362 g/mol. The van der Waals surface area contributed by atoms with Gasteiger partial charge in [0.1, 0.15) is 29.3 Å². The van der Waals surface area contributed by atoms with Gasteiger partial charge in [-0.2, -0.15) is 0 Å². The van der Waals surface area contributed by atoms with Crippen LogP contribution < -0.4 is 9.47 Å². The van der Waals surface area contributed by atoms with E-state index in [2.05, 4.69) is 23.0 Å². The second-order valence-electron chi connectivity index (χ2n) is 7.15. The van der Waals surface area contributed by atoms with Gasteiger partial charge in [0.25, 0.3) is 0 Å². The molecule has 0 aliphatic carbocycles. The Balaban J connectivity index is 1.72. The molecule has 0 spiro atoms. The van der Waals surface area contributed by atoms with Crippen LogP contribution in [-0.4, -0.2) is 22.1 Å². The van der Waals surface area contributed by atoms with E-state index in [9.17, 15) is 0 Å². The Labute approximate surface area is 170 Å². The third kappa shape index (κ3) is 4.19. The number of benzene rings is 2. The second-order valence-corrected chi connectivity index (χ2v) is 7.15. The zero-order valence-electron chi connectivity index (χ0n) is 17.1. The van der Waals surface area contributed by atoms with Gasteiger partial charge in [0.2, 0.25) is 0 Å². The summed E-state index contributed by atoms with van der Waals surface area (Å²) < 4.78 is 11.5. The largest absolute Gasteiger partial charge is 0.497 e. The van der Waals surface area contributed by atoms with Crippen molar-refractivity contribution in [1.29, 1.82) is 0 Å². The SMILES string of the molecule is COc1cccc(COc2cc(C)cc3ccc(-c4nc(C)cc(C)n4)nc23)c1. The molecule has 4 aromatic rings. The van der Waals surface area contributed by atoms with Crippen LogP contribution in [0.4, 0.5) is 0 Å². The first-order valence-electron chi connectivity index (χ1n) is 9.51. The van der Waals surface area contributed by atoms with Gasteiger partial charge in [-0.15, -0.1) is 0 Å². The smallest absolute Gasteiger partial charge is 0.178 e. The number of pyridine rings is 1. The molecule has 0 bridgehead atoms. The summed E-state index contributed by atoms with van der Waals surface area (Å²) in [4.78, 5) is 13.9. The van der Waals surface area contributed by atoms with Crippen LogP contribution in [0.2, 0.25) is 0 Å². The number of hydrogen-bond acceptors (Lipinski definition) is 5. The van der Waals surface area contributed by atoms with Crippen LogP contribution in [-0.2, 0) is 6.61 Å². The van der Waals surface area contributed by atoms with E-state index in [0.29, 0.717) is 12.4 Å². The minimum atomic E-state index is 0.432. The Morgan fingerprint density at radius 3 is 2.38 bits per heavy atom. The maximum Gasteiger partial charge on any atom is 0.178 e. The van der Waals surface area contributed by atoms with Crippen molar-refractivity contribution in [3.63, 3.8) is 0 Å². The minimum Gasteiger partial charge on any atom is -0.497 e. The number of fused-ring (bicyclic) bond motifs is 1. The average Bonchev–Trinajstić information content (AvgIpc) is 2.71. The first kappa shape index (κ1) is 18.9. The molecule has 2 aromatic carbocycles. The van der Waals surface area contributed by atoms with Crippen molar-refractivity contribution in [3.8, 4) is 23.0 Å². The normalized spacial score (nSPS) is 10.9. The third-order valence-electron chi connectivity index (χ3n) is 4.64. The van der Waals surface area contributed by atoms with E-state index >= 15 is 0 Å². The van der Waals surface area contributed by atoms with Crippen molar-refractivity contribution >= 4 is 10.9 Å². The maximum absolute atomic E-state index is 6.17. The number of methoxy groups -OCH3 is 1. The third-order valence-corrected chi connectivity index (χ3v) is 4.64. The van der Waals surface area contributed by atoms with E-state index < -0.39 is 0 Å². The van der Waals surface area contributed by atoms with Crippen LogP contribution in [0.3, 0.4) is 0 Å². The summed E-state index contributed by atoms with van der Waals surface area (Å²) >= 11 is 0. The standard InChI is InChI=1S/C24H23N3O2/c1-15-10-19-8-9-21(24-25-16(2)12-17(3)26-24)27-23(19)22(11-15)29-14-18-6-5-7-20(13-18)28-4/h5-13H,14H2,1-4H3. The summed E-state index contributed by atoms with van der Waals surface area (Å²) in [6.07, 6.45) is 0. The fourth-order valence-electron chi connectivity index (χ4n) is 3.34. The molecule has 0 amide bonds. The quantitative estimate of drug-likeness (QED) is 0.472. The highest BCUT2D eigenvalue weighted by molar-refractivity contribution is 5.87. The summed E-state index contributed by atoms with van der Waals surface area (Å²) in [6.45, 7) is 6.41. The number of aryl methyl sites for hydroxylation is 3. The van der Waals surface area contributed by atoms with E-state index in [1.54, 1.807) is 7.11 Å². The molecule has 0 aliphatic heterocycles. The van der Waals surface area contributed by atoms with Crippen molar-refractivity contribution in [2.75, 3.05) is 7.11 Å². The molecule has 0 aliphatic rings. The van der Waals surface area contributed by atoms with Gasteiger partial charge >= 0.3 is 0 Å². The molecule has 29 heavy (non-hydrogen) atoms. The van der Waals surface area contributed by atoms with Crippen LogP contribution in [0.1, 0.15) is 22.5 Å². The van der Waals surface area contributed by atoms with Gasteiger partial charge in [0, 0.05) is 16.8 Å². The number of rotatable bonds is 5. The molecule has 2 aromatic heterocycles. The first-order chi connectivity index (χ1) is 14.0. The fourth-order valence-corrected chi connectivity index (χ4v) is 3.34. The van der Waals surface area contributed by atoms with Gasteiger partial charge in [-0.1, -0.05) is 18.2 Å². The molecule has 2 heterocycles. The predicted molar refractivity (Wildman–Crippen MR) is 114 cm³/mol. The monoisotopic (exact) mass is 385 g/mol. The topological polar surface area (TPSA) is 57.1 Å². The summed E-state index contributed by atoms with van der Waals surface area (Å²) in [5, 5.41) is 1.03. The van der Waals surface area contributed by atoms with Crippen LogP contribution in [0.25, 0.3) is 22.4 Å². The van der Waals surface area contributed by atoms with E-state index in [-0.39, 0.29) is 0 Å². The van der Waals surface area contributed by atoms with Gasteiger partial charge in [0.05, 0.1) is 7.11 Å². The molecule has 4 rings (SSSR count). The second kappa shape index (κ2) is 7.87. The van der Waals surface area contributed by atoms with Crippen molar-refractivity contribution in [1.82, 2.24) is 15.0 Å². The van der Waals surface area contributed by atoms with Gasteiger partial charge in [0.15, 0.2) is 5.82 Å². The molecule has 5 heteroatoms. The lowest BCUT2D eigenvalue weighted by Gasteiger charge is -2.12. The first-order valence-corrected chi connectivity index (χ1v) is 9.51. The molecule has 0 saturated heterocycles. The molecule has 0 radical (unpaired) electrons. The highest BCUT2D eigenvalue weighted by Crippen LogP contribution is 2.29. The van der Waals surface area contributed by atoms with Crippen molar-refractivity contribution in [2.24, 2.45) is 0 Å². The van der Waals surface area contributed by atoms with Crippen LogP contribution >= 0.6 is 0 Å². The molecule has 0 saturated carbocycles. The zero-order valence-corrected chi connectivity index (χ0v) is 17.1. The zero-order chi connectivity index (χ0) is 20.4. The van der Waals surface area contributed by atoms with Crippen molar-refractivity contribution in [2.45, 2.75) is 27.4 Å². The molecule has 0 unspecified atom stereocenters. The number of ether oxygens (including phenoxy) is 2. The van der Waals surface area contributed by atoms with E-state index in [4.69, 9.17) is 14.5 Å². The average molecular weight is 385 g/mol. The Morgan fingerprint density at radius 2 is 1.62 bits per heavy atom. The van der Waals surface area contributed by atoms with Gasteiger partial charge in [-0.05, 0) is 68.3 Å². The van der Waals surface area contributed by atoms with E-state index in [1.165, 1.54) is 0 Å². The molecular formula is C24H23N3O2. The molecule has 0 fully saturated rings. The summed E-state index contributed by atoms with van der Waals surface area (Å²) in [6, 6.07) is 17.9. The Hall–Kier alpha value is -3.47. The Bertz CT molecular complexity index is 1170. The highest BCUT2D eigenvalue weighted by atomic mass is 16.5. The fraction of sp³-hybridized carbons (Fsp3) is 0.208. The number of aromatic nitrogens is 3. The maximum atomic E-state index is 6.17. The summed E-state index contributed by atoms with van der Waals surface area (Å²) in [5.74, 6) is 2.19. The van der Waals surface area contributed by atoms with Gasteiger partial charge < -0.3 is 9.47 Å². The van der Waals surface area contributed by atoms with Gasteiger partial charge in [-0.3, -0.25) is 0 Å². The predicted octanol–water partition coefficient (Wildman–Crippen LogP) is 5.20. The van der Waals surface area contributed by atoms with Crippen LogP contribution in [0.15, 0.2) is 54.6 Å². The highest BCUT2D eigenvalue weighted by Gasteiger charge is 2.11. The van der Waals surface area contributed by atoms with Crippen molar-refractivity contribution < 1.29 is 9.47 Å². The molecule has 0 N–H and O–H groups in total. The number of hydrogen-bond donors (Lipinski definition) is 0. The molecule has 0 atom stereocenters. The van der Waals surface area contributed by atoms with Crippen LogP contribution in [0, 0.1) is 20.8 Å². The van der Waals surface area contributed by atoms with Crippen LogP contribution in [0.5, 0.6) is 11.5 Å². The molecule has 146 valence electrons. The minimum absolute atomic E-state index is 0.432. The van der Waals surface area contributed by atoms with Gasteiger partial charge in [-0.25, -0.2) is 15.0 Å². The van der Waals surface area contributed by atoms with E-state index in [1.807, 2.05) is 62.4 Å². The van der Waals surface area contributed by atoms with Crippen molar-refractivity contribution in [3.05, 3.63) is 77.1 Å². The lowest BCUT2D eigenvalue weighted by atomic mass is 10.1. The van der Waals surface area contributed by atoms with E-state index in [0.717, 1.165) is 50.6 Å². The summed E-state index contributed by atoms with van der Waals surface area (Å²) in [7, 11) is 1.66. The summed E-state index contributed by atoms with van der Waals surface area (Å²) in [5.41, 5.74) is 5.54. The lowest BCUT2D eigenvalue weighted by molar-refractivity contribution is 0.308.